The van der Waals surface area contributed by atoms with Crippen LogP contribution in [0.15, 0.2) is 46.9 Å². The summed E-state index contributed by atoms with van der Waals surface area (Å²) in [6, 6.07) is 12.2. The fraction of sp³-hybridized carbons (Fsp3) is 0.235. The van der Waals surface area contributed by atoms with Crippen LogP contribution < -0.4 is 10.2 Å². The molecule has 0 bridgehead atoms. The zero-order chi connectivity index (χ0) is 16.3. The summed E-state index contributed by atoms with van der Waals surface area (Å²) < 4.78 is 13.8. The fourth-order valence-corrected chi connectivity index (χ4v) is 2.19. The summed E-state index contributed by atoms with van der Waals surface area (Å²) in [5, 5.41) is 2.79. The van der Waals surface area contributed by atoms with Gasteiger partial charge in [0.05, 0.1) is 4.47 Å². The minimum absolute atomic E-state index is 0.281. The van der Waals surface area contributed by atoms with E-state index in [0.717, 1.165) is 5.69 Å². The molecule has 0 aromatic heterocycles. The first-order chi connectivity index (χ1) is 10.4. The lowest BCUT2D eigenvalue weighted by Gasteiger charge is -2.24. The second kappa shape index (κ2) is 6.92. The zero-order valence-corrected chi connectivity index (χ0v) is 14.3. The second-order valence-electron chi connectivity index (χ2n) is 5.34. The molecule has 0 aliphatic heterocycles. The van der Waals surface area contributed by atoms with E-state index < -0.39 is 5.82 Å². The van der Waals surface area contributed by atoms with Gasteiger partial charge in [0.1, 0.15) is 5.82 Å². The first kappa shape index (κ1) is 16.5. The number of benzene rings is 2. The largest absolute Gasteiger partial charge is 0.372 e. The maximum absolute atomic E-state index is 13.5. The van der Waals surface area contributed by atoms with E-state index in [1.165, 1.54) is 12.1 Å². The molecule has 0 spiro atoms. The van der Waals surface area contributed by atoms with E-state index in [1.807, 2.05) is 31.3 Å². The third kappa shape index (κ3) is 3.85. The van der Waals surface area contributed by atoms with Gasteiger partial charge in [0, 0.05) is 30.0 Å². The standard InChI is InChI=1S/C17H18BrFN2O/c1-11(2)21(3)14-6-4-5-13(10-14)20-17(22)12-7-8-15(18)16(19)9-12/h4-11H,1-3H3,(H,20,22). The predicted octanol–water partition coefficient (Wildman–Crippen LogP) is 4.69. The zero-order valence-electron chi connectivity index (χ0n) is 12.7. The molecule has 0 fully saturated rings. The third-order valence-corrected chi connectivity index (χ3v) is 4.11. The lowest BCUT2D eigenvalue weighted by molar-refractivity contribution is 0.102. The van der Waals surface area contributed by atoms with Crippen LogP contribution >= 0.6 is 15.9 Å². The summed E-state index contributed by atoms with van der Waals surface area (Å²) >= 11 is 3.07. The molecular formula is C17H18BrFN2O. The Hall–Kier alpha value is -1.88. The second-order valence-corrected chi connectivity index (χ2v) is 6.19. The average Bonchev–Trinajstić information content (AvgIpc) is 2.49. The highest BCUT2D eigenvalue weighted by molar-refractivity contribution is 9.10. The molecule has 0 heterocycles. The molecule has 0 radical (unpaired) electrons. The van der Waals surface area contributed by atoms with Gasteiger partial charge in [-0.3, -0.25) is 4.79 Å². The first-order valence-electron chi connectivity index (χ1n) is 6.98. The summed E-state index contributed by atoms with van der Waals surface area (Å²) in [4.78, 5) is 14.3. The number of halogens is 2. The van der Waals surface area contributed by atoms with Crippen molar-refractivity contribution >= 4 is 33.2 Å². The number of anilines is 2. The number of nitrogens with zero attached hydrogens (tertiary/aromatic N) is 1. The first-order valence-corrected chi connectivity index (χ1v) is 7.77. The Bertz CT molecular complexity index is 688. The van der Waals surface area contributed by atoms with Gasteiger partial charge in [-0.1, -0.05) is 6.07 Å². The van der Waals surface area contributed by atoms with Gasteiger partial charge in [-0.25, -0.2) is 4.39 Å². The van der Waals surface area contributed by atoms with Gasteiger partial charge in [-0.05, 0) is 66.2 Å². The average molecular weight is 365 g/mol. The number of hydrogen-bond donors (Lipinski definition) is 1. The Morgan fingerprint density at radius 1 is 1.23 bits per heavy atom. The summed E-state index contributed by atoms with van der Waals surface area (Å²) in [5.41, 5.74) is 1.97. The van der Waals surface area contributed by atoms with Crippen LogP contribution in [0.4, 0.5) is 15.8 Å². The van der Waals surface area contributed by atoms with Crippen molar-refractivity contribution in [3.8, 4) is 0 Å². The highest BCUT2D eigenvalue weighted by Crippen LogP contribution is 2.21. The topological polar surface area (TPSA) is 32.3 Å². The fourth-order valence-electron chi connectivity index (χ4n) is 1.94. The molecule has 1 N–H and O–H groups in total. The Morgan fingerprint density at radius 2 is 1.95 bits per heavy atom. The molecule has 0 unspecified atom stereocenters. The number of carbonyl (C=O) groups is 1. The number of carbonyl (C=O) groups excluding carboxylic acids is 1. The monoisotopic (exact) mass is 364 g/mol. The van der Waals surface area contributed by atoms with Gasteiger partial charge in [0.25, 0.3) is 5.91 Å². The van der Waals surface area contributed by atoms with E-state index in [4.69, 9.17) is 0 Å². The van der Waals surface area contributed by atoms with Crippen LogP contribution in [0.3, 0.4) is 0 Å². The van der Waals surface area contributed by atoms with E-state index in [-0.39, 0.29) is 11.5 Å². The predicted molar refractivity (Wildman–Crippen MR) is 92.0 cm³/mol. The van der Waals surface area contributed by atoms with E-state index in [1.54, 1.807) is 6.07 Å². The molecule has 22 heavy (non-hydrogen) atoms. The molecule has 0 aliphatic rings. The van der Waals surface area contributed by atoms with E-state index in [2.05, 4.69) is 40.0 Å². The highest BCUT2D eigenvalue weighted by Gasteiger charge is 2.10. The summed E-state index contributed by atoms with van der Waals surface area (Å²) in [5.74, 6) is -0.795. The lowest BCUT2D eigenvalue weighted by Crippen LogP contribution is -2.25. The van der Waals surface area contributed by atoms with Crippen LogP contribution in [0.5, 0.6) is 0 Å². The van der Waals surface area contributed by atoms with Crippen LogP contribution in [0, 0.1) is 5.82 Å². The van der Waals surface area contributed by atoms with Gasteiger partial charge in [-0.2, -0.15) is 0 Å². The molecule has 0 saturated carbocycles. The van der Waals surface area contributed by atoms with E-state index in [0.29, 0.717) is 16.2 Å². The van der Waals surface area contributed by atoms with Crippen LogP contribution in [0.1, 0.15) is 24.2 Å². The van der Waals surface area contributed by atoms with Gasteiger partial charge in [-0.15, -0.1) is 0 Å². The van der Waals surface area contributed by atoms with Crippen molar-refractivity contribution in [2.24, 2.45) is 0 Å². The van der Waals surface area contributed by atoms with E-state index >= 15 is 0 Å². The molecule has 2 rings (SSSR count). The SMILES string of the molecule is CC(C)N(C)c1cccc(NC(=O)c2ccc(Br)c(F)c2)c1. The van der Waals surface area contributed by atoms with Crippen molar-refractivity contribution < 1.29 is 9.18 Å². The Balaban J connectivity index is 2.18. The summed E-state index contributed by atoms with van der Waals surface area (Å²) in [6.45, 7) is 4.19. The number of hydrogen-bond acceptors (Lipinski definition) is 2. The molecule has 2 aromatic carbocycles. The van der Waals surface area contributed by atoms with Gasteiger partial charge >= 0.3 is 0 Å². The highest BCUT2D eigenvalue weighted by atomic mass is 79.9. The molecule has 5 heteroatoms. The van der Waals surface area contributed by atoms with Gasteiger partial charge < -0.3 is 10.2 Å². The molecule has 3 nitrogen and oxygen atoms in total. The molecule has 2 aromatic rings. The Morgan fingerprint density at radius 3 is 2.59 bits per heavy atom. The van der Waals surface area contributed by atoms with Crippen LogP contribution in [0.25, 0.3) is 0 Å². The molecule has 1 amide bonds. The van der Waals surface area contributed by atoms with E-state index in [9.17, 15) is 9.18 Å². The normalized spacial score (nSPS) is 10.6. The minimum Gasteiger partial charge on any atom is -0.372 e. The van der Waals surface area contributed by atoms with Crippen molar-refractivity contribution in [3.63, 3.8) is 0 Å². The minimum atomic E-state index is -0.457. The van der Waals surface area contributed by atoms with Crippen molar-refractivity contribution in [1.82, 2.24) is 0 Å². The van der Waals surface area contributed by atoms with Crippen LogP contribution in [-0.2, 0) is 0 Å². The number of nitrogens with one attached hydrogen (secondary N) is 1. The molecule has 116 valence electrons. The smallest absolute Gasteiger partial charge is 0.255 e. The summed E-state index contributed by atoms with van der Waals surface area (Å²) in [7, 11) is 2.00. The van der Waals surface area contributed by atoms with Crippen molar-refractivity contribution in [2.75, 3.05) is 17.3 Å². The molecule has 0 atom stereocenters. The molecule has 0 saturated heterocycles. The number of amides is 1. The Labute approximate surface area is 138 Å². The van der Waals surface area contributed by atoms with Crippen LogP contribution in [0.2, 0.25) is 0 Å². The van der Waals surface area contributed by atoms with Gasteiger partial charge in [0.2, 0.25) is 0 Å². The van der Waals surface area contributed by atoms with Crippen molar-refractivity contribution in [3.05, 3.63) is 58.3 Å². The van der Waals surface area contributed by atoms with Crippen molar-refractivity contribution in [2.45, 2.75) is 19.9 Å². The van der Waals surface area contributed by atoms with Crippen LogP contribution in [-0.4, -0.2) is 19.0 Å². The third-order valence-electron chi connectivity index (χ3n) is 3.47. The molecular weight excluding hydrogens is 347 g/mol. The Kier molecular flexibility index (Phi) is 5.19. The number of rotatable bonds is 4. The molecule has 0 aliphatic carbocycles. The summed E-state index contributed by atoms with van der Waals surface area (Å²) in [6.07, 6.45) is 0. The maximum Gasteiger partial charge on any atom is 0.255 e. The van der Waals surface area contributed by atoms with Crippen molar-refractivity contribution in [1.29, 1.82) is 0 Å². The van der Waals surface area contributed by atoms with Gasteiger partial charge in [0.15, 0.2) is 0 Å². The quantitative estimate of drug-likeness (QED) is 0.853. The maximum atomic E-state index is 13.5. The lowest BCUT2D eigenvalue weighted by atomic mass is 10.2.